The molecule has 0 fully saturated rings. The Morgan fingerprint density at radius 1 is 1.36 bits per heavy atom. The fourth-order valence-corrected chi connectivity index (χ4v) is 2.08. The van der Waals surface area contributed by atoms with Crippen LogP contribution in [0.15, 0.2) is 6.33 Å². The zero-order valence-corrected chi connectivity index (χ0v) is 14.9. The molecule has 0 spiro atoms. The van der Waals surface area contributed by atoms with E-state index in [2.05, 4.69) is 20.3 Å². The lowest BCUT2D eigenvalue weighted by molar-refractivity contribution is -0.150. The quantitative estimate of drug-likeness (QED) is 0.372. The number of hydrogen-bond donors (Lipinski definition) is 2. The fraction of sp³-hybridized carbons (Fsp3) is 0.600. The average Bonchev–Trinajstić information content (AvgIpc) is 2.95. The van der Waals surface area contributed by atoms with Gasteiger partial charge in [-0.2, -0.15) is 9.97 Å². The van der Waals surface area contributed by atoms with Crippen LogP contribution in [0.1, 0.15) is 20.8 Å². The van der Waals surface area contributed by atoms with Gasteiger partial charge in [0, 0.05) is 6.54 Å². The monoisotopic (exact) mass is 352 g/mol. The SMILES string of the molecule is COc1nc(N)nc2c1ncn2CCOCN[C@@H](C)C(=O)OC(C)C. The van der Waals surface area contributed by atoms with Crippen LogP contribution in [0.2, 0.25) is 0 Å². The Kier molecular flexibility index (Phi) is 6.48. The van der Waals surface area contributed by atoms with Crippen LogP contribution < -0.4 is 15.8 Å². The summed E-state index contributed by atoms with van der Waals surface area (Å²) in [6.45, 7) is 6.48. The van der Waals surface area contributed by atoms with Crippen molar-refractivity contribution in [1.82, 2.24) is 24.8 Å². The van der Waals surface area contributed by atoms with Crippen LogP contribution in [0.5, 0.6) is 5.88 Å². The molecule has 0 amide bonds. The minimum atomic E-state index is -0.437. The van der Waals surface area contributed by atoms with Crippen molar-refractivity contribution in [1.29, 1.82) is 0 Å². The Hall–Kier alpha value is -2.46. The molecule has 138 valence electrons. The molecule has 2 aromatic rings. The molecule has 0 aliphatic heterocycles. The van der Waals surface area contributed by atoms with Gasteiger partial charge < -0.3 is 24.5 Å². The lowest BCUT2D eigenvalue weighted by Gasteiger charge is -2.15. The highest BCUT2D eigenvalue weighted by Gasteiger charge is 2.15. The summed E-state index contributed by atoms with van der Waals surface area (Å²) in [6.07, 6.45) is 1.49. The van der Waals surface area contributed by atoms with Gasteiger partial charge in [-0.1, -0.05) is 0 Å². The number of ether oxygens (including phenoxy) is 3. The lowest BCUT2D eigenvalue weighted by Crippen LogP contribution is -2.38. The largest absolute Gasteiger partial charge is 0.479 e. The average molecular weight is 352 g/mol. The Morgan fingerprint density at radius 3 is 2.80 bits per heavy atom. The van der Waals surface area contributed by atoms with Crippen molar-refractivity contribution < 1.29 is 19.0 Å². The summed E-state index contributed by atoms with van der Waals surface area (Å²) in [5.74, 6) is 0.144. The third-order valence-corrected chi connectivity index (χ3v) is 3.32. The van der Waals surface area contributed by atoms with Gasteiger partial charge in [0.2, 0.25) is 11.8 Å². The number of anilines is 1. The van der Waals surface area contributed by atoms with E-state index in [1.807, 2.05) is 13.8 Å². The van der Waals surface area contributed by atoms with Gasteiger partial charge in [0.1, 0.15) is 6.04 Å². The van der Waals surface area contributed by atoms with E-state index in [0.29, 0.717) is 30.2 Å². The van der Waals surface area contributed by atoms with Crippen molar-refractivity contribution in [2.24, 2.45) is 0 Å². The molecule has 0 saturated heterocycles. The molecule has 0 aliphatic carbocycles. The van der Waals surface area contributed by atoms with Gasteiger partial charge in [0.05, 0.1) is 32.9 Å². The number of rotatable bonds is 9. The zero-order valence-electron chi connectivity index (χ0n) is 14.9. The molecule has 0 radical (unpaired) electrons. The number of hydrogen-bond acceptors (Lipinski definition) is 9. The number of methoxy groups -OCH3 is 1. The van der Waals surface area contributed by atoms with Crippen LogP contribution in [-0.2, 0) is 20.8 Å². The maximum Gasteiger partial charge on any atom is 0.323 e. The first-order valence-electron chi connectivity index (χ1n) is 7.96. The van der Waals surface area contributed by atoms with Crippen molar-refractivity contribution in [2.45, 2.75) is 39.5 Å². The van der Waals surface area contributed by atoms with E-state index in [9.17, 15) is 4.79 Å². The molecule has 0 saturated carbocycles. The summed E-state index contributed by atoms with van der Waals surface area (Å²) in [7, 11) is 1.50. The molecular weight excluding hydrogens is 328 g/mol. The molecule has 3 N–H and O–H groups in total. The molecule has 0 unspecified atom stereocenters. The normalized spacial score (nSPS) is 12.5. The molecule has 10 heteroatoms. The number of nitrogens with two attached hydrogens (primary N) is 1. The first-order valence-corrected chi connectivity index (χ1v) is 7.96. The fourth-order valence-electron chi connectivity index (χ4n) is 2.08. The minimum Gasteiger partial charge on any atom is -0.479 e. The first-order chi connectivity index (χ1) is 11.9. The number of esters is 1. The third-order valence-electron chi connectivity index (χ3n) is 3.32. The van der Waals surface area contributed by atoms with E-state index >= 15 is 0 Å². The number of nitrogen functional groups attached to an aromatic ring is 1. The van der Waals surface area contributed by atoms with Crippen LogP contribution in [0.25, 0.3) is 11.2 Å². The topological polar surface area (TPSA) is 126 Å². The summed E-state index contributed by atoms with van der Waals surface area (Å²) < 4.78 is 17.5. The maximum atomic E-state index is 11.7. The number of nitrogens with one attached hydrogen (secondary N) is 1. The van der Waals surface area contributed by atoms with Crippen LogP contribution >= 0.6 is 0 Å². The zero-order chi connectivity index (χ0) is 18.4. The maximum absolute atomic E-state index is 11.7. The molecule has 25 heavy (non-hydrogen) atoms. The van der Waals surface area contributed by atoms with Crippen molar-refractivity contribution in [3.05, 3.63) is 6.33 Å². The van der Waals surface area contributed by atoms with Gasteiger partial charge in [0.25, 0.3) is 0 Å². The van der Waals surface area contributed by atoms with E-state index in [-0.39, 0.29) is 24.8 Å². The van der Waals surface area contributed by atoms with Gasteiger partial charge >= 0.3 is 5.97 Å². The number of fused-ring (bicyclic) bond motifs is 1. The van der Waals surface area contributed by atoms with E-state index in [0.717, 1.165) is 0 Å². The molecule has 2 aromatic heterocycles. The molecule has 0 aliphatic rings. The van der Waals surface area contributed by atoms with Gasteiger partial charge in [-0.05, 0) is 20.8 Å². The lowest BCUT2D eigenvalue weighted by atomic mass is 10.3. The van der Waals surface area contributed by atoms with E-state index in [1.165, 1.54) is 7.11 Å². The van der Waals surface area contributed by atoms with Gasteiger partial charge in [-0.3, -0.25) is 10.1 Å². The highest BCUT2D eigenvalue weighted by molar-refractivity contribution is 5.77. The molecule has 1 atom stereocenters. The number of aromatic nitrogens is 4. The summed E-state index contributed by atoms with van der Waals surface area (Å²) >= 11 is 0. The van der Waals surface area contributed by atoms with Crippen LogP contribution in [0, 0.1) is 0 Å². The summed E-state index contributed by atoms with van der Waals surface area (Å²) in [5.41, 5.74) is 6.79. The first kappa shape index (κ1) is 18.9. The number of imidazole rings is 1. The van der Waals surface area contributed by atoms with E-state index in [4.69, 9.17) is 19.9 Å². The molecular formula is C15H24N6O4. The van der Waals surface area contributed by atoms with E-state index in [1.54, 1.807) is 17.8 Å². The second-order valence-electron chi connectivity index (χ2n) is 5.67. The van der Waals surface area contributed by atoms with Crippen LogP contribution in [0.4, 0.5) is 5.95 Å². The Labute approximate surface area is 145 Å². The number of carbonyl (C=O) groups excluding carboxylic acids is 1. The Morgan fingerprint density at radius 2 is 2.12 bits per heavy atom. The second-order valence-corrected chi connectivity index (χ2v) is 5.67. The molecule has 2 heterocycles. The highest BCUT2D eigenvalue weighted by Crippen LogP contribution is 2.21. The van der Waals surface area contributed by atoms with Crippen molar-refractivity contribution >= 4 is 23.1 Å². The number of nitrogens with zero attached hydrogens (tertiary/aromatic N) is 4. The van der Waals surface area contributed by atoms with Gasteiger partial charge in [0.15, 0.2) is 11.2 Å². The van der Waals surface area contributed by atoms with Gasteiger partial charge in [-0.25, -0.2) is 4.98 Å². The van der Waals surface area contributed by atoms with Crippen LogP contribution in [0.3, 0.4) is 0 Å². The summed E-state index contributed by atoms with van der Waals surface area (Å²) in [5, 5.41) is 2.95. The van der Waals surface area contributed by atoms with Crippen molar-refractivity contribution in [3.63, 3.8) is 0 Å². The summed E-state index contributed by atoms with van der Waals surface area (Å²) in [6, 6.07) is -0.437. The van der Waals surface area contributed by atoms with Crippen molar-refractivity contribution in [3.8, 4) is 5.88 Å². The minimum absolute atomic E-state index is 0.117. The van der Waals surface area contributed by atoms with E-state index < -0.39 is 6.04 Å². The molecule has 2 rings (SSSR count). The Bertz CT molecular complexity index is 717. The second kappa shape index (κ2) is 8.58. The predicted octanol–water partition coefficient (Wildman–Crippen LogP) is 0.321. The molecule has 0 bridgehead atoms. The summed E-state index contributed by atoms with van der Waals surface area (Å²) in [4.78, 5) is 24.0. The predicted molar refractivity (Wildman–Crippen MR) is 90.9 cm³/mol. The van der Waals surface area contributed by atoms with Crippen LogP contribution in [-0.4, -0.2) is 58.1 Å². The highest BCUT2D eigenvalue weighted by atomic mass is 16.5. The standard InChI is InChI=1S/C15H24N6O4/c1-9(2)25-14(22)10(3)18-8-24-6-5-21-7-17-11-12(21)19-15(16)20-13(11)23-4/h7,9-10,18H,5-6,8H2,1-4H3,(H2,16,19,20)/t10-/m0/s1. The third kappa shape index (κ3) is 5.00. The van der Waals surface area contributed by atoms with Crippen molar-refractivity contribution in [2.75, 3.05) is 26.2 Å². The Balaban J connectivity index is 1.82. The molecule has 10 nitrogen and oxygen atoms in total. The van der Waals surface area contributed by atoms with Gasteiger partial charge in [-0.15, -0.1) is 0 Å². The number of carbonyl (C=O) groups is 1. The molecule has 0 aromatic carbocycles. The smallest absolute Gasteiger partial charge is 0.323 e.